The van der Waals surface area contributed by atoms with Crippen molar-refractivity contribution in [3.8, 4) is 0 Å². The zero-order chi connectivity index (χ0) is 12.5. The molecular weight excluding hydrogens is 216 g/mol. The Morgan fingerprint density at radius 2 is 2.12 bits per heavy atom. The number of ether oxygens (including phenoxy) is 1. The molecule has 2 rings (SSSR count). The Labute approximate surface area is 101 Å². The van der Waals surface area contributed by atoms with Gasteiger partial charge in [-0.15, -0.1) is 0 Å². The molecule has 1 heterocycles. The molecule has 1 N–H and O–H groups in total. The van der Waals surface area contributed by atoms with E-state index in [-0.39, 0.29) is 11.6 Å². The number of carbonyl (C=O) groups is 1. The highest BCUT2D eigenvalue weighted by Gasteiger charge is 2.47. The van der Waals surface area contributed by atoms with Crippen molar-refractivity contribution < 1.29 is 9.53 Å². The van der Waals surface area contributed by atoms with Crippen molar-refractivity contribution in [2.75, 3.05) is 0 Å². The van der Waals surface area contributed by atoms with Gasteiger partial charge in [0.25, 0.3) is 0 Å². The van der Waals surface area contributed by atoms with E-state index in [1.165, 1.54) is 0 Å². The standard InChI is InChI=1S/C13H18N2O2/c1-12(2,3)17-11(16)15-13(7-8-13)10-6-4-5-9-14-10/h4-6,9H,7-8H2,1-3H3,(H,15,16). The van der Waals surface area contributed by atoms with Crippen LogP contribution in [-0.2, 0) is 10.3 Å². The van der Waals surface area contributed by atoms with Crippen molar-refractivity contribution in [2.24, 2.45) is 0 Å². The smallest absolute Gasteiger partial charge is 0.408 e. The van der Waals surface area contributed by atoms with Gasteiger partial charge in [0.2, 0.25) is 0 Å². The van der Waals surface area contributed by atoms with Crippen LogP contribution < -0.4 is 5.32 Å². The summed E-state index contributed by atoms with van der Waals surface area (Å²) in [5.41, 5.74) is 0.138. The third-order valence-corrected chi connectivity index (χ3v) is 2.65. The largest absolute Gasteiger partial charge is 0.444 e. The van der Waals surface area contributed by atoms with Crippen LogP contribution in [0.1, 0.15) is 39.3 Å². The normalized spacial score (nSPS) is 17.4. The summed E-state index contributed by atoms with van der Waals surface area (Å²) < 4.78 is 5.26. The van der Waals surface area contributed by atoms with E-state index in [0.717, 1.165) is 18.5 Å². The molecule has 1 aromatic rings. The summed E-state index contributed by atoms with van der Waals surface area (Å²) in [6.45, 7) is 5.56. The van der Waals surface area contributed by atoms with Crippen molar-refractivity contribution in [1.82, 2.24) is 10.3 Å². The summed E-state index contributed by atoms with van der Waals surface area (Å²) in [5.74, 6) is 0. The summed E-state index contributed by atoms with van der Waals surface area (Å²) in [4.78, 5) is 16.0. The Hall–Kier alpha value is -1.58. The molecule has 0 radical (unpaired) electrons. The number of amides is 1. The number of aromatic nitrogens is 1. The number of pyridine rings is 1. The molecule has 1 aliphatic carbocycles. The van der Waals surface area contributed by atoms with Crippen LogP contribution >= 0.6 is 0 Å². The molecule has 1 amide bonds. The highest BCUT2D eigenvalue weighted by molar-refractivity contribution is 5.69. The lowest BCUT2D eigenvalue weighted by molar-refractivity contribution is 0.0494. The Morgan fingerprint density at radius 3 is 2.59 bits per heavy atom. The van der Waals surface area contributed by atoms with Gasteiger partial charge in [-0.3, -0.25) is 4.98 Å². The minimum Gasteiger partial charge on any atom is -0.444 e. The summed E-state index contributed by atoms with van der Waals surface area (Å²) in [7, 11) is 0. The third kappa shape index (κ3) is 2.96. The fraction of sp³-hybridized carbons (Fsp3) is 0.538. The minimum absolute atomic E-state index is 0.302. The molecule has 4 nitrogen and oxygen atoms in total. The van der Waals surface area contributed by atoms with E-state index in [1.807, 2.05) is 39.0 Å². The molecule has 0 saturated heterocycles. The van der Waals surface area contributed by atoms with Gasteiger partial charge in [0.15, 0.2) is 0 Å². The van der Waals surface area contributed by atoms with Gasteiger partial charge >= 0.3 is 6.09 Å². The third-order valence-electron chi connectivity index (χ3n) is 2.65. The fourth-order valence-corrected chi connectivity index (χ4v) is 1.71. The maximum absolute atomic E-state index is 11.7. The molecule has 0 aliphatic heterocycles. The zero-order valence-corrected chi connectivity index (χ0v) is 10.5. The van der Waals surface area contributed by atoms with Gasteiger partial charge in [-0.2, -0.15) is 0 Å². The molecule has 0 unspecified atom stereocenters. The maximum atomic E-state index is 11.7. The van der Waals surface area contributed by atoms with E-state index in [1.54, 1.807) is 6.20 Å². The summed E-state index contributed by atoms with van der Waals surface area (Å²) in [6.07, 6.45) is 3.21. The van der Waals surface area contributed by atoms with Gasteiger partial charge < -0.3 is 10.1 Å². The molecule has 17 heavy (non-hydrogen) atoms. The van der Waals surface area contributed by atoms with E-state index < -0.39 is 5.60 Å². The average molecular weight is 234 g/mol. The molecule has 0 aromatic carbocycles. The van der Waals surface area contributed by atoms with E-state index in [9.17, 15) is 4.79 Å². The van der Waals surface area contributed by atoms with Crippen LogP contribution in [0.15, 0.2) is 24.4 Å². The van der Waals surface area contributed by atoms with Crippen molar-refractivity contribution in [1.29, 1.82) is 0 Å². The Bertz CT molecular complexity index is 405. The first kappa shape index (κ1) is 11.9. The van der Waals surface area contributed by atoms with Crippen LogP contribution in [0.4, 0.5) is 4.79 Å². The molecular formula is C13H18N2O2. The molecule has 0 atom stereocenters. The fourth-order valence-electron chi connectivity index (χ4n) is 1.71. The number of alkyl carbamates (subject to hydrolysis) is 1. The summed E-state index contributed by atoms with van der Waals surface area (Å²) >= 11 is 0. The van der Waals surface area contributed by atoms with Crippen LogP contribution in [0.5, 0.6) is 0 Å². The second-order valence-electron chi connectivity index (χ2n) is 5.42. The van der Waals surface area contributed by atoms with Gasteiger partial charge in [0.05, 0.1) is 11.2 Å². The first-order valence-electron chi connectivity index (χ1n) is 5.84. The maximum Gasteiger partial charge on any atom is 0.408 e. The summed E-state index contributed by atoms with van der Waals surface area (Å²) in [5, 5.41) is 2.92. The number of rotatable bonds is 2. The van der Waals surface area contributed by atoms with Gasteiger partial charge in [-0.05, 0) is 45.7 Å². The zero-order valence-electron chi connectivity index (χ0n) is 10.5. The van der Waals surface area contributed by atoms with E-state index in [0.29, 0.717) is 0 Å². The number of nitrogens with one attached hydrogen (secondary N) is 1. The number of hydrogen-bond acceptors (Lipinski definition) is 3. The van der Waals surface area contributed by atoms with Crippen LogP contribution in [0.3, 0.4) is 0 Å². The lowest BCUT2D eigenvalue weighted by Gasteiger charge is -2.23. The second kappa shape index (κ2) is 4.02. The number of hydrogen-bond donors (Lipinski definition) is 1. The second-order valence-corrected chi connectivity index (χ2v) is 5.42. The molecule has 0 bridgehead atoms. The Morgan fingerprint density at radius 1 is 1.41 bits per heavy atom. The first-order valence-corrected chi connectivity index (χ1v) is 5.84. The number of carbonyl (C=O) groups excluding carboxylic acids is 1. The highest BCUT2D eigenvalue weighted by atomic mass is 16.6. The molecule has 1 aliphatic rings. The first-order chi connectivity index (χ1) is 7.91. The topological polar surface area (TPSA) is 51.2 Å². The SMILES string of the molecule is CC(C)(C)OC(=O)NC1(c2ccccn2)CC1. The van der Waals surface area contributed by atoms with E-state index in [2.05, 4.69) is 10.3 Å². The molecule has 0 spiro atoms. The number of nitrogens with zero attached hydrogens (tertiary/aromatic N) is 1. The van der Waals surface area contributed by atoms with Crippen molar-refractivity contribution in [3.05, 3.63) is 30.1 Å². The summed E-state index contributed by atoms with van der Waals surface area (Å²) in [6, 6.07) is 5.73. The van der Waals surface area contributed by atoms with Crippen molar-refractivity contribution in [3.63, 3.8) is 0 Å². The lowest BCUT2D eigenvalue weighted by Crippen LogP contribution is -2.39. The predicted molar refractivity (Wildman–Crippen MR) is 64.5 cm³/mol. The predicted octanol–water partition coefficient (Wildman–Crippen LogP) is 2.60. The van der Waals surface area contributed by atoms with Crippen LogP contribution in [0.25, 0.3) is 0 Å². The monoisotopic (exact) mass is 234 g/mol. The molecule has 1 aromatic heterocycles. The van der Waals surface area contributed by atoms with Gasteiger partial charge in [0.1, 0.15) is 5.60 Å². The van der Waals surface area contributed by atoms with Crippen LogP contribution in [-0.4, -0.2) is 16.7 Å². The van der Waals surface area contributed by atoms with E-state index in [4.69, 9.17) is 4.74 Å². The highest BCUT2D eigenvalue weighted by Crippen LogP contribution is 2.44. The van der Waals surface area contributed by atoms with Gasteiger partial charge in [-0.1, -0.05) is 6.07 Å². The van der Waals surface area contributed by atoms with E-state index >= 15 is 0 Å². The average Bonchev–Trinajstić information content (AvgIpc) is 2.97. The molecule has 4 heteroatoms. The van der Waals surface area contributed by atoms with Crippen molar-refractivity contribution >= 4 is 6.09 Å². The minimum atomic E-state index is -0.468. The molecule has 92 valence electrons. The molecule has 1 fully saturated rings. The Kier molecular flexibility index (Phi) is 2.81. The van der Waals surface area contributed by atoms with Gasteiger partial charge in [-0.25, -0.2) is 4.79 Å². The molecule has 1 saturated carbocycles. The lowest BCUT2D eigenvalue weighted by atomic mass is 10.1. The Balaban J connectivity index is 2.02. The van der Waals surface area contributed by atoms with Crippen LogP contribution in [0, 0.1) is 0 Å². The van der Waals surface area contributed by atoms with Crippen molar-refractivity contribution in [2.45, 2.75) is 44.8 Å². The van der Waals surface area contributed by atoms with Crippen LogP contribution in [0.2, 0.25) is 0 Å². The van der Waals surface area contributed by atoms with Gasteiger partial charge in [0, 0.05) is 6.20 Å². The quantitative estimate of drug-likeness (QED) is 0.855.